The fourth-order valence-corrected chi connectivity index (χ4v) is 3.40. The first-order valence-electron chi connectivity index (χ1n) is 9.34. The number of carbonyl (C=O) groups excluding carboxylic acids is 1. The highest BCUT2D eigenvalue weighted by Crippen LogP contribution is 2.26. The van der Waals surface area contributed by atoms with Crippen LogP contribution in [0.5, 0.6) is 5.75 Å². The lowest BCUT2D eigenvalue weighted by Crippen LogP contribution is -2.38. The molecule has 0 saturated heterocycles. The maximum Gasteiger partial charge on any atom is 0.332 e. The van der Waals surface area contributed by atoms with Crippen LogP contribution >= 0.6 is 0 Å². The molecule has 1 aliphatic rings. The summed E-state index contributed by atoms with van der Waals surface area (Å²) in [6.07, 6.45) is 3.36. The highest BCUT2D eigenvalue weighted by atomic mass is 16.5. The van der Waals surface area contributed by atoms with Gasteiger partial charge in [-0.05, 0) is 54.7 Å². The minimum Gasteiger partial charge on any atom is -0.486 e. The van der Waals surface area contributed by atoms with Gasteiger partial charge in [-0.1, -0.05) is 6.07 Å². The third kappa shape index (κ3) is 3.73. The molecule has 2 heterocycles. The molecule has 1 aromatic carbocycles. The lowest BCUT2D eigenvalue weighted by atomic mass is 10.1. The zero-order valence-corrected chi connectivity index (χ0v) is 16.2. The Kier molecular flexibility index (Phi) is 4.84. The summed E-state index contributed by atoms with van der Waals surface area (Å²) in [5.74, 6) is 0.856. The van der Waals surface area contributed by atoms with E-state index < -0.39 is 17.2 Å². The molecular formula is C21H21N3O5. The maximum atomic E-state index is 12.4. The average Bonchev–Trinajstić information content (AvgIpc) is 3.37. The third-order valence-corrected chi connectivity index (χ3v) is 5.10. The fourth-order valence-electron chi connectivity index (χ4n) is 3.40. The molecule has 1 amide bonds. The van der Waals surface area contributed by atoms with Crippen LogP contribution in [0.15, 0.2) is 50.4 Å². The summed E-state index contributed by atoms with van der Waals surface area (Å²) in [5.41, 5.74) is 1.66. The molecule has 0 spiro atoms. The molecular weight excluding hydrogens is 374 g/mol. The van der Waals surface area contributed by atoms with Crippen molar-refractivity contribution < 1.29 is 13.9 Å². The minimum absolute atomic E-state index is 0.0608. The summed E-state index contributed by atoms with van der Waals surface area (Å²) in [6, 6.07) is 10.4. The zero-order valence-electron chi connectivity index (χ0n) is 16.2. The van der Waals surface area contributed by atoms with E-state index in [2.05, 4.69) is 17.4 Å². The fraction of sp³-hybridized carbons (Fsp3) is 0.286. The molecule has 8 nitrogen and oxygen atoms in total. The van der Waals surface area contributed by atoms with E-state index in [1.807, 2.05) is 6.07 Å². The number of ether oxygens (including phenoxy) is 1. The number of hydrogen-bond donors (Lipinski definition) is 1. The van der Waals surface area contributed by atoms with Crippen molar-refractivity contribution in [2.75, 3.05) is 5.32 Å². The van der Waals surface area contributed by atoms with Crippen LogP contribution in [0, 0.1) is 0 Å². The number of nitrogens with one attached hydrogen (secondary N) is 1. The number of aromatic nitrogens is 2. The van der Waals surface area contributed by atoms with Gasteiger partial charge in [0.1, 0.15) is 23.9 Å². The van der Waals surface area contributed by atoms with Crippen LogP contribution in [0.4, 0.5) is 5.82 Å². The van der Waals surface area contributed by atoms with Gasteiger partial charge >= 0.3 is 5.69 Å². The quantitative estimate of drug-likeness (QED) is 0.713. The summed E-state index contributed by atoms with van der Waals surface area (Å²) in [4.78, 5) is 36.2. The molecule has 0 fully saturated rings. The molecule has 0 radical (unpaired) electrons. The summed E-state index contributed by atoms with van der Waals surface area (Å²) < 4.78 is 13.5. The van der Waals surface area contributed by atoms with Crippen molar-refractivity contribution in [2.45, 2.75) is 25.9 Å². The van der Waals surface area contributed by atoms with Gasteiger partial charge in [-0.3, -0.25) is 18.7 Å². The first kappa shape index (κ1) is 18.8. The third-order valence-electron chi connectivity index (χ3n) is 5.10. The Bertz CT molecular complexity index is 1200. The standard InChI is InChI=1S/C21H21N3O5/c1-23-18(11-19(25)24(2)21(23)27)22-20(26)17-9-8-16(29-17)12-28-15-7-6-13-4-3-5-14(13)10-15/h6-11H,3-5,12H2,1-2H3,(H,22,26). The number of amides is 1. The molecule has 1 aliphatic carbocycles. The highest BCUT2D eigenvalue weighted by molar-refractivity contribution is 6.01. The van der Waals surface area contributed by atoms with Crippen molar-refractivity contribution in [2.24, 2.45) is 14.1 Å². The molecule has 0 atom stereocenters. The molecule has 0 saturated carbocycles. The Morgan fingerprint density at radius 1 is 1.07 bits per heavy atom. The summed E-state index contributed by atoms with van der Waals surface area (Å²) in [7, 11) is 2.84. The van der Waals surface area contributed by atoms with Crippen LogP contribution in [0.1, 0.15) is 33.9 Å². The van der Waals surface area contributed by atoms with Crippen molar-refractivity contribution in [1.29, 1.82) is 0 Å². The zero-order chi connectivity index (χ0) is 20.5. The predicted molar refractivity (Wildman–Crippen MR) is 106 cm³/mol. The van der Waals surface area contributed by atoms with Crippen LogP contribution in [0.2, 0.25) is 0 Å². The predicted octanol–water partition coefficient (Wildman–Crippen LogP) is 2.00. The largest absolute Gasteiger partial charge is 0.486 e. The molecule has 8 heteroatoms. The number of fused-ring (bicyclic) bond motifs is 1. The van der Waals surface area contributed by atoms with Gasteiger partial charge in [0.15, 0.2) is 5.76 Å². The van der Waals surface area contributed by atoms with Crippen molar-refractivity contribution in [3.05, 3.63) is 79.9 Å². The molecule has 0 bridgehead atoms. The Morgan fingerprint density at radius 2 is 1.86 bits per heavy atom. The molecule has 4 rings (SSSR count). The Balaban J connectivity index is 1.43. The number of aryl methyl sites for hydroxylation is 2. The van der Waals surface area contributed by atoms with Crippen LogP contribution < -0.4 is 21.3 Å². The second kappa shape index (κ2) is 7.46. The molecule has 29 heavy (non-hydrogen) atoms. The lowest BCUT2D eigenvalue weighted by molar-refractivity contribution is 0.0991. The first-order chi connectivity index (χ1) is 13.9. The number of carbonyl (C=O) groups is 1. The van der Waals surface area contributed by atoms with Crippen LogP contribution in [0.25, 0.3) is 0 Å². The van der Waals surface area contributed by atoms with Gasteiger partial charge in [0.25, 0.3) is 11.5 Å². The Labute approximate surface area is 166 Å². The van der Waals surface area contributed by atoms with Gasteiger partial charge in [-0.15, -0.1) is 0 Å². The summed E-state index contributed by atoms with van der Waals surface area (Å²) >= 11 is 0. The number of nitrogens with zero attached hydrogens (tertiary/aromatic N) is 2. The average molecular weight is 395 g/mol. The number of rotatable bonds is 5. The second-order valence-electron chi connectivity index (χ2n) is 7.06. The topological polar surface area (TPSA) is 95.5 Å². The summed E-state index contributed by atoms with van der Waals surface area (Å²) in [6.45, 7) is 0.191. The minimum atomic E-state index is -0.558. The van der Waals surface area contributed by atoms with Gasteiger partial charge in [-0.25, -0.2) is 4.79 Å². The maximum absolute atomic E-state index is 12.4. The Hall–Kier alpha value is -3.55. The first-order valence-corrected chi connectivity index (χ1v) is 9.34. The van der Waals surface area contributed by atoms with Crippen LogP contribution in [0.3, 0.4) is 0 Å². The van der Waals surface area contributed by atoms with Crippen LogP contribution in [-0.2, 0) is 33.5 Å². The van der Waals surface area contributed by atoms with Crippen molar-refractivity contribution >= 4 is 11.7 Å². The van der Waals surface area contributed by atoms with Crippen molar-refractivity contribution in [3.63, 3.8) is 0 Å². The van der Waals surface area contributed by atoms with Gasteiger partial charge in [0.2, 0.25) is 0 Å². The second-order valence-corrected chi connectivity index (χ2v) is 7.06. The van der Waals surface area contributed by atoms with E-state index in [1.165, 1.54) is 48.3 Å². The summed E-state index contributed by atoms with van der Waals surface area (Å²) in [5, 5.41) is 2.53. The monoisotopic (exact) mass is 395 g/mol. The van der Waals surface area contributed by atoms with E-state index in [-0.39, 0.29) is 18.2 Å². The van der Waals surface area contributed by atoms with E-state index in [0.29, 0.717) is 5.76 Å². The van der Waals surface area contributed by atoms with E-state index in [1.54, 1.807) is 6.07 Å². The van der Waals surface area contributed by atoms with E-state index in [9.17, 15) is 14.4 Å². The number of anilines is 1. The Morgan fingerprint density at radius 3 is 2.69 bits per heavy atom. The van der Waals surface area contributed by atoms with Crippen molar-refractivity contribution in [1.82, 2.24) is 9.13 Å². The van der Waals surface area contributed by atoms with Gasteiger partial charge in [0, 0.05) is 20.2 Å². The molecule has 0 aliphatic heterocycles. The number of furan rings is 1. The smallest absolute Gasteiger partial charge is 0.332 e. The molecule has 3 aromatic rings. The van der Waals surface area contributed by atoms with Crippen molar-refractivity contribution in [3.8, 4) is 5.75 Å². The van der Waals surface area contributed by atoms with Gasteiger partial charge < -0.3 is 14.5 Å². The number of benzene rings is 1. The van der Waals surface area contributed by atoms with Gasteiger partial charge in [0.05, 0.1) is 0 Å². The lowest BCUT2D eigenvalue weighted by Gasteiger charge is -2.09. The normalized spacial score (nSPS) is 12.6. The van der Waals surface area contributed by atoms with E-state index in [0.717, 1.165) is 23.2 Å². The van der Waals surface area contributed by atoms with E-state index in [4.69, 9.17) is 9.15 Å². The number of hydrogen-bond acceptors (Lipinski definition) is 5. The molecule has 1 N–H and O–H groups in total. The molecule has 150 valence electrons. The molecule has 2 aromatic heterocycles. The highest BCUT2D eigenvalue weighted by Gasteiger charge is 2.15. The molecule has 0 unspecified atom stereocenters. The van der Waals surface area contributed by atoms with E-state index >= 15 is 0 Å². The SMILES string of the molecule is Cn1c(NC(=O)c2ccc(COc3ccc4c(c3)CCC4)o2)cc(=O)n(C)c1=O. The van der Waals surface area contributed by atoms with Crippen LogP contribution in [-0.4, -0.2) is 15.0 Å². The van der Waals surface area contributed by atoms with Gasteiger partial charge in [-0.2, -0.15) is 0 Å².